The van der Waals surface area contributed by atoms with Gasteiger partial charge in [-0.25, -0.2) is 4.39 Å². The van der Waals surface area contributed by atoms with Crippen LogP contribution in [0, 0.1) is 17.1 Å². The molecule has 7 nitrogen and oxygen atoms in total. The Balaban J connectivity index is 1.66. The lowest BCUT2D eigenvalue weighted by Crippen LogP contribution is -2.08. The summed E-state index contributed by atoms with van der Waals surface area (Å²) in [4.78, 5) is 16.1. The van der Waals surface area contributed by atoms with Crippen LogP contribution in [0.25, 0.3) is 10.9 Å². The third-order valence-electron chi connectivity index (χ3n) is 5.18. The molecule has 0 unspecified atom stereocenters. The van der Waals surface area contributed by atoms with Gasteiger partial charge < -0.3 is 20.1 Å². The number of nitrogens with one attached hydrogen (secondary N) is 2. The molecule has 0 radical (unpaired) electrons. The number of aromatic nitrogens is 1. The normalized spacial score (nSPS) is 10.5. The summed E-state index contributed by atoms with van der Waals surface area (Å²) in [5, 5.41) is 16.7. The topological polar surface area (TPSA) is 96.3 Å². The van der Waals surface area contributed by atoms with E-state index in [0.29, 0.717) is 62.2 Å². The molecule has 0 saturated carbocycles. The number of halogens is 2. The highest BCUT2D eigenvalue weighted by atomic mass is 35.5. The Bertz CT molecular complexity index is 1490. The molecule has 2 N–H and O–H groups in total. The lowest BCUT2D eigenvalue weighted by Gasteiger charge is -2.16. The summed E-state index contributed by atoms with van der Waals surface area (Å²) in [6.45, 7) is 3.82. The molecule has 36 heavy (non-hydrogen) atoms. The van der Waals surface area contributed by atoms with Crippen molar-refractivity contribution in [3.63, 3.8) is 0 Å². The molecule has 3 aromatic carbocycles. The van der Waals surface area contributed by atoms with Crippen molar-refractivity contribution in [2.45, 2.75) is 20.5 Å². The minimum Gasteiger partial charge on any atom is -0.492 e. The van der Waals surface area contributed by atoms with Gasteiger partial charge >= 0.3 is 0 Å². The van der Waals surface area contributed by atoms with Gasteiger partial charge in [-0.3, -0.25) is 9.78 Å². The lowest BCUT2D eigenvalue weighted by atomic mass is 10.1. The number of nitriles is 1. The monoisotopic (exact) mass is 504 g/mol. The average molecular weight is 505 g/mol. The van der Waals surface area contributed by atoms with Gasteiger partial charge in [-0.15, -0.1) is 0 Å². The number of anilines is 3. The third kappa shape index (κ3) is 5.65. The fourth-order valence-corrected chi connectivity index (χ4v) is 3.86. The lowest BCUT2D eigenvalue weighted by molar-refractivity contribution is -0.114. The van der Waals surface area contributed by atoms with Crippen molar-refractivity contribution in [3.05, 3.63) is 82.8 Å². The number of amides is 1. The maximum Gasteiger partial charge on any atom is 0.221 e. The van der Waals surface area contributed by atoms with Crippen molar-refractivity contribution in [3.8, 4) is 17.6 Å². The fraction of sp³-hybridized carbons (Fsp3) is 0.148. The van der Waals surface area contributed by atoms with Gasteiger partial charge in [0.15, 0.2) is 0 Å². The summed E-state index contributed by atoms with van der Waals surface area (Å²) in [7, 11) is 0. The summed E-state index contributed by atoms with van der Waals surface area (Å²) < 4.78 is 24.8. The van der Waals surface area contributed by atoms with E-state index in [-0.39, 0.29) is 18.3 Å². The number of pyridine rings is 1. The number of hydrogen-bond donors (Lipinski definition) is 2. The van der Waals surface area contributed by atoms with Gasteiger partial charge in [0.25, 0.3) is 0 Å². The highest BCUT2D eigenvalue weighted by molar-refractivity contribution is 6.32. The Morgan fingerprint density at radius 2 is 1.97 bits per heavy atom. The van der Waals surface area contributed by atoms with Crippen LogP contribution in [0.1, 0.15) is 25.0 Å². The average Bonchev–Trinajstić information content (AvgIpc) is 2.84. The highest BCUT2D eigenvalue weighted by Gasteiger charge is 2.15. The van der Waals surface area contributed by atoms with Crippen molar-refractivity contribution in [2.75, 3.05) is 17.2 Å². The zero-order valence-corrected chi connectivity index (χ0v) is 20.3. The molecule has 1 amide bonds. The van der Waals surface area contributed by atoms with Crippen LogP contribution in [-0.4, -0.2) is 17.5 Å². The SMILES string of the molecule is CCOc1cc2ncc(C#N)c(Nc3ccc(OCc4cccc(F)c4)c(Cl)c3)c2cc1NC(C)=O. The van der Waals surface area contributed by atoms with E-state index in [4.69, 9.17) is 21.1 Å². The first-order chi connectivity index (χ1) is 17.4. The second kappa shape index (κ2) is 10.9. The van der Waals surface area contributed by atoms with E-state index in [1.807, 2.05) is 6.92 Å². The Morgan fingerprint density at radius 3 is 2.67 bits per heavy atom. The number of carbonyl (C=O) groups excluding carboxylic acids is 1. The molecule has 4 aromatic rings. The van der Waals surface area contributed by atoms with Crippen LogP contribution >= 0.6 is 11.6 Å². The van der Waals surface area contributed by atoms with Gasteiger partial charge in [-0.2, -0.15) is 5.26 Å². The predicted octanol–water partition coefficient (Wildman–Crippen LogP) is 6.58. The van der Waals surface area contributed by atoms with Gasteiger partial charge in [0.05, 0.1) is 34.1 Å². The molecule has 182 valence electrons. The number of nitrogens with zero attached hydrogens (tertiary/aromatic N) is 2. The summed E-state index contributed by atoms with van der Waals surface area (Å²) in [5.41, 5.74) is 3.14. The van der Waals surface area contributed by atoms with E-state index in [1.165, 1.54) is 25.3 Å². The molecule has 0 aliphatic carbocycles. The molecule has 1 aromatic heterocycles. The Hall–Kier alpha value is -4.35. The number of hydrogen-bond acceptors (Lipinski definition) is 6. The molecule has 0 fully saturated rings. The summed E-state index contributed by atoms with van der Waals surface area (Å²) in [6, 6.07) is 16.8. The second-order valence-corrected chi connectivity index (χ2v) is 8.23. The summed E-state index contributed by atoms with van der Waals surface area (Å²) in [6.07, 6.45) is 1.47. The van der Waals surface area contributed by atoms with Crippen LogP contribution < -0.4 is 20.1 Å². The summed E-state index contributed by atoms with van der Waals surface area (Å²) in [5.74, 6) is 0.316. The van der Waals surface area contributed by atoms with Crippen molar-refractivity contribution in [1.82, 2.24) is 4.98 Å². The second-order valence-electron chi connectivity index (χ2n) is 7.83. The summed E-state index contributed by atoms with van der Waals surface area (Å²) >= 11 is 6.44. The van der Waals surface area contributed by atoms with Crippen molar-refractivity contribution < 1.29 is 18.7 Å². The highest BCUT2D eigenvalue weighted by Crippen LogP contribution is 2.37. The molecular formula is C27H22ClFN4O3. The molecule has 0 atom stereocenters. The van der Waals surface area contributed by atoms with Gasteiger partial charge in [0.2, 0.25) is 5.91 Å². The number of benzene rings is 3. The van der Waals surface area contributed by atoms with Crippen molar-refractivity contribution in [2.24, 2.45) is 0 Å². The first-order valence-electron chi connectivity index (χ1n) is 11.1. The first kappa shape index (κ1) is 24.8. The molecule has 4 rings (SSSR count). The number of ether oxygens (including phenoxy) is 2. The van der Waals surface area contributed by atoms with Crippen LogP contribution in [-0.2, 0) is 11.4 Å². The first-order valence-corrected chi connectivity index (χ1v) is 11.5. The van der Waals surface area contributed by atoms with Crippen LogP contribution in [0.5, 0.6) is 11.5 Å². The van der Waals surface area contributed by atoms with E-state index in [1.54, 1.807) is 42.5 Å². The molecule has 0 saturated heterocycles. The molecule has 0 bridgehead atoms. The number of rotatable bonds is 8. The molecule has 1 heterocycles. The van der Waals surface area contributed by atoms with E-state index < -0.39 is 0 Å². The maximum absolute atomic E-state index is 13.4. The smallest absolute Gasteiger partial charge is 0.221 e. The van der Waals surface area contributed by atoms with Gasteiger partial charge in [-0.05, 0) is 48.9 Å². The fourth-order valence-electron chi connectivity index (χ4n) is 3.63. The van der Waals surface area contributed by atoms with Gasteiger partial charge in [-0.1, -0.05) is 23.7 Å². The zero-order chi connectivity index (χ0) is 25.7. The maximum atomic E-state index is 13.4. The quantitative estimate of drug-likeness (QED) is 0.281. The van der Waals surface area contributed by atoms with Crippen molar-refractivity contribution in [1.29, 1.82) is 5.26 Å². The minimum absolute atomic E-state index is 0.159. The molecule has 0 aliphatic rings. The number of carbonyl (C=O) groups is 1. The molecule has 9 heteroatoms. The standard InChI is InChI=1S/C27H22ClFN4O3/c1-3-35-26-12-23-21(11-24(26)32-16(2)34)27(18(13-30)14-31-23)33-20-7-8-25(22(28)10-20)36-15-17-5-4-6-19(29)9-17/h4-12,14H,3,15H2,1-2H3,(H,31,33)(H,32,34). The van der Waals surface area contributed by atoms with Gasteiger partial charge in [0, 0.05) is 30.3 Å². The van der Waals surface area contributed by atoms with E-state index in [2.05, 4.69) is 21.7 Å². The minimum atomic E-state index is -0.338. The molecule has 0 aliphatic heterocycles. The third-order valence-corrected chi connectivity index (χ3v) is 5.48. The van der Waals surface area contributed by atoms with E-state index in [9.17, 15) is 14.4 Å². The van der Waals surface area contributed by atoms with Gasteiger partial charge in [0.1, 0.15) is 30.0 Å². The van der Waals surface area contributed by atoms with Crippen LogP contribution in [0.3, 0.4) is 0 Å². The number of fused-ring (bicyclic) bond motifs is 1. The predicted molar refractivity (Wildman–Crippen MR) is 137 cm³/mol. The zero-order valence-electron chi connectivity index (χ0n) is 19.6. The van der Waals surface area contributed by atoms with Crippen LogP contribution in [0.15, 0.2) is 60.8 Å². The van der Waals surface area contributed by atoms with Crippen LogP contribution in [0.2, 0.25) is 5.02 Å². The Kier molecular flexibility index (Phi) is 7.52. The van der Waals surface area contributed by atoms with E-state index >= 15 is 0 Å². The molecule has 0 spiro atoms. The van der Waals surface area contributed by atoms with Crippen molar-refractivity contribution >= 4 is 45.5 Å². The van der Waals surface area contributed by atoms with E-state index in [0.717, 1.165) is 0 Å². The Labute approximate surface area is 212 Å². The molecular weight excluding hydrogens is 483 g/mol. The van der Waals surface area contributed by atoms with Crippen LogP contribution in [0.4, 0.5) is 21.5 Å². The Morgan fingerprint density at radius 1 is 1.14 bits per heavy atom. The largest absolute Gasteiger partial charge is 0.492 e.